The van der Waals surface area contributed by atoms with Crippen LogP contribution in [0.3, 0.4) is 0 Å². The number of unbranched alkanes of at least 4 members (excludes halogenated alkanes) is 1. The van der Waals surface area contributed by atoms with Crippen molar-refractivity contribution in [3.63, 3.8) is 0 Å². The summed E-state index contributed by atoms with van der Waals surface area (Å²) in [5.41, 5.74) is 3.08. The van der Waals surface area contributed by atoms with Crippen molar-refractivity contribution in [3.8, 4) is 5.75 Å². The minimum Gasteiger partial charge on any atom is -0.494 e. The Labute approximate surface area is 155 Å². The zero-order valence-corrected chi connectivity index (χ0v) is 15.9. The van der Waals surface area contributed by atoms with Crippen molar-refractivity contribution in [3.05, 3.63) is 57.3 Å². The number of aromatic amines is 1. The molecule has 0 atom stereocenters. The maximum Gasteiger partial charge on any atom is 0.255 e. The summed E-state index contributed by atoms with van der Waals surface area (Å²) in [6.07, 6.45) is 4.89. The first kappa shape index (κ1) is 18.6. The molecule has 0 bridgehead atoms. The lowest BCUT2D eigenvalue weighted by molar-refractivity contribution is 0.241. The summed E-state index contributed by atoms with van der Waals surface area (Å²) in [6, 6.07) is 8.30. The molecule has 2 aromatic rings. The van der Waals surface area contributed by atoms with Crippen LogP contribution in [-0.4, -0.2) is 28.0 Å². The SMILES string of the molecule is CCCCOc1ccc(CN2CCc3nc(CCC)[nH]c(=O)c3C2)cc1. The highest BCUT2D eigenvalue weighted by atomic mass is 16.5. The largest absolute Gasteiger partial charge is 0.494 e. The highest BCUT2D eigenvalue weighted by Crippen LogP contribution is 2.19. The van der Waals surface area contributed by atoms with Crippen LogP contribution in [0.15, 0.2) is 29.1 Å². The summed E-state index contributed by atoms with van der Waals surface area (Å²) in [5.74, 6) is 1.75. The van der Waals surface area contributed by atoms with Crippen LogP contribution in [0.5, 0.6) is 5.75 Å². The molecule has 5 nitrogen and oxygen atoms in total. The second kappa shape index (κ2) is 8.99. The number of nitrogens with zero attached hydrogens (tertiary/aromatic N) is 2. The maximum atomic E-state index is 12.4. The highest BCUT2D eigenvalue weighted by molar-refractivity contribution is 5.28. The summed E-state index contributed by atoms with van der Waals surface area (Å²) < 4.78 is 5.72. The average molecular weight is 355 g/mol. The molecule has 0 fully saturated rings. The van der Waals surface area contributed by atoms with Gasteiger partial charge in [0.05, 0.1) is 17.9 Å². The van der Waals surface area contributed by atoms with Gasteiger partial charge in [0.15, 0.2) is 0 Å². The number of ether oxygens (including phenoxy) is 1. The molecule has 0 spiro atoms. The third-order valence-corrected chi connectivity index (χ3v) is 4.78. The quantitative estimate of drug-likeness (QED) is 0.737. The Morgan fingerprint density at radius 3 is 2.73 bits per heavy atom. The second-order valence-corrected chi connectivity index (χ2v) is 6.99. The third kappa shape index (κ3) is 4.73. The van der Waals surface area contributed by atoms with Gasteiger partial charge in [0.2, 0.25) is 0 Å². The lowest BCUT2D eigenvalue weighted by atomic mass is 10.1. The van der Waals surface area contributed by atoms with Gasteiger partial charge in [-0.25, -0.2) is 4.98 Å². The van der Waals surface area contributed by atoms with E-state index in [9.17, 15) is 4.79 Å². The molecule has 3 rings (SSSR count). The number of hydrogen-bond donors (Lipinski definition) is 1. The minimum atomic E-state index is 0.0304. The lowest BCUT2D eigenvalue weighted by Crippen LogP contribution is -2.35. The molecule has 1 aromatic carbocycles. The van der Waals surface area contributed by atoms with Gasteiger partial charge in [-0.2, -0.15) is 0 Å². The van der Waals surface area contributed by atoms with Crippen LogP contribution in [0.1, 0.15) is 55.8 Å². The highest BCUT2D eigenvalue weighted by Gasteiger charge is 2.21. The fourth-order valence-corrected chi connectivity index (χ4v) is 3.31. The molecule has 0 radical (unpaired) electrons. The standard InChI is InChI=1S/C21H29N3O2/c1-3-5-13-26-17-9-7-16(8-10-17)14-24-12-11-19-18(15-24)21(25)23-20(22-19)6-4-2/h7-10H,3-6,11-15H2,1-2H3,(H,22,23,25). The molecule has 1 aliphatic heterocycles. The van der Waals surface area contributed by atoms with Crippen molar-refractivity contribution >= 4 is 0 Å². The van der Waals surface area contributed by atoms with E-state index in [2.05, 4.69) is 40.8 Å². The molecule has 0 unspecified atom stereocenters. The Morgan fingerprint density at radius 2 is 2.00 bits per heavy atom. The molecule has 140 valence electrons. The molecule has 1 aromatic heterocycles. The van der Waals surface area contributed by atoms with Crippen LogP contribution in [-0.2, 0) is 25.9 Å². The van der Waals surface area contributed by atoms with Gasteiger partial charge in [-0.15, -0.1) is 0 Å². The summed E-state index contributed by atoms with van der Waals surface area (Å²) >= 11 is 0. The van der Waals surface area contributed by atoms with Crippen LogP contribution in [0.4, 0.5) is 0 Å². The Bertz CT molecular complexity index is 768. The number of hydrogen-bond acceptors (Lipinski definition) is 4. The van der Waals surface area contributed by atoms with Crippen molar-refractivity contribution in [2.45, 2.75) is 59.0 Å². The van der Waals surface area contributed by atoms with E-state index in [1.807, 2.05) is 12.1 Å². The van der Waals surface area contributed by atoms with Gasteiger partial charge < -0.3 is 9.72 Å². The van der Waals surface area contributed by atoms with Gasteiger partial charge in [-0.1, -0.05) is 32.4 Å². The molecular weight excluding hydrogens is 326 g/mol. The number of rotatable bonds is 8. The molecule has 1 aliphatic rings. The van der Waals surface area contributed by atoms with Gasteiger partial charge >= 0.3 is 0 Å². The molecular formula is C21H29N3O2. The van der Waals surface area contributed by atoms with Crippen LogP contribution in [0, 0.1) is 0 Å². The van der Waals surface area contributed by atoms with Gasteiger partial charge in [0, 0.05) is 32.5 Å². The molecule has 0 amide bonds. The zero-order valence-electron chi connectivity index (χ0n) is 15.9. The molecule has 2 heterocycles. The topological polar surface area (TPSA) is 58.2 Å². The smallest absolute Gasteiger partial charge is 0.255 e. The fraction of sp³-hybridized carbons (Fsp3) is 0.524. The second-order valence-electron chi connectivity index (χ2n) is 6.99. The van der Waals surface area contributed by atoms with Crippen molar-refractivity contribution in [1.82, 2.24) is 14.9 Å². The normalized spacial score (nSPS) is 14.2. The molecule has 0 aliphatic carbocycles. The van der Waals surface area contributed by atoms with E-state index in [4.69, 9.17) is 4.74 Å². The molecule has 0 saturated heterocycles. The van der Waals surface area contributed by atoms with Gasteiger partial charge in [0.25, 0.3) is 5.56 Å². The average Bonchev–Trinajstić information content (AvgIpc) is 2.64. The van der Waals surface area contributed by atoms with Crippen LogP contribution in [0.2, 0.25) is 0 Å². The first-order chi connectivity index (χ1) is 12.7. The van der Waals surface area contributed by atoms with Crippen LogP contribution in [0.25, 0.3) is 0 Å². The van der Waals surface area contributed by atoms with E-state index < -0.39 is 0 Å². The van der Waals surface area contributed by atoms with Crippen molar-refractivity contribution in [1.29, 1.82) is 0 Å². The summed E-state index contributed by atoms with van der Waals surface area (Å²) in [6.45, 7) is 7.47. The predicted molar refractivity (Wildman–Crippen MR) is 104 cm³/mol. The van der Waals surface area contributed by atoms with E-state index in [1.165, 1.54) is 5.56 Å². The maximum absolute atomic E-state index is 12.4. The number of aryl methyl sites for hydroxylation is 1. The Morgan fingerprint density at radius 1 is 1.19 bits per heavy atom. The summed E-state index contributed by atoms with van der Waals surface area (Å²) in [7, 11) is 0. The molecule has 26 heavy (non-hydrogen) atoms. The number of benzene rings is 1. The van der Waals surface area contributed by atoms with E-state index in [0.29, 0.717) is 6.54 Å². The first-order valence-corrected chi connectivity index (χ1v) is 9.74. The minimum absolute atomic E-state index is 0.0304. The predicted octanol–water partition coefficient (Wildman–Crippen LogP) is 3.46. The molecule has 5 heteroatoms. The van der Waals surface area contributed by atoms with Gasteiger partial charge in [0.1, 0.15) is 11.6 Å². The summed E-state index contributed by atoms with van der Waals surface area (Å²) in [4.78, 5) is 22.3. The van der Waals surface area contributed by atoms with Crippen molar-refractivity contribution in [2.24, 2.45) is 0 Å². The number of fused-ring (bicyclic) bond motifs is 1. The first-order valence-electron chi connectivity index (χ1n) is 9.74. The van der Waals surface area contributed by atoms with E-state index in [-0.39, 0.29) is 5.56 Å². The van der Waals surface area contributed by atoms with Crippen molar-refractivity contribution in [2.75, 3.05) is 13.2 Å². The van der Waals surface area contributed by atoms with E-state index in [0.717, 1.165) is 74.6 Å². The Kier molecular flexibility index (Phi) is 6.45. The Hall–Kier alpha value is -2.14. The fourth-order valence-electron chi connectivity index (χ4n) is 3.31. The van der Waals surface area contributed by atoms with E-state index in [1.54, 1.807) is 0 Å². The number of H-pyrrole nitrogens is 1. The van der Waals surface area contributed by atoms with Gasteiger partial charge in [-0.05, 0) is 30.5 Å². The number of aromatic nitrogens is 2. The third-order valence-electron chi connectivity index (χ3n) is 4.78. The zero-order chi connectivity index (χ0) is 18.4. The number of nitrogens with one attached hydrogen (secondary N) is 1. The van der Waals surface area contributed by atoms with Crippen molar-refractivity contribution < 1.29 is 4.74 Å². The Balaban J connectivity index is 1.61. The summed E-state index contributed by atoms with van der Waals surface area (Å²) in [5, 5.41) is 0. The molecule has 0 saturated carbocycles. The molecule has 1 N–H and O–H groups in total. The lowest BCUT2D eigenvalue weighted by Gasteiger charge is -2.27. The van der Waals surface area contributed by atoms with Crippen LogP contribution < -0.4 is 10.3 Å². The van der Waals surface area contributed by atoms with E-state index >= 15 is 0 Å². The monoisotopic (exact) mass is 355 g/mol. The van der Waals surface area contributed by atoms with Crippen LogP contribution >= 0.6 is 0 Å². The van der Waals surface area contributed by atoms with Gasteiger partial charge in [-0.3, -0.25) is 9.69 Å².